The summed E-state index contributed by atoms with van der Waals surface area (Å²) in [4.78, 5) is 22.2. The van der Waals surface area contributed by atoms with Gasteiger partial charge in [-0.15, -0.1) is 0 Å². The van der Waals surface area contributed by atoms with Crippen LogP contribution in [0.4, 0.5) is 5.95 Å². The smallest absolute Gasteiger partial charge is 0.280 e. The summed E-state index contributed by atoms with van der Waals surface area (Å²) >= 11 is 0. The van der Waals surface area contributed by atoms with Crippen LogP contribution in [-0.2, 0) is 16.2 Å². The Balaban J connectivity index is 1.82. The molecule has 2 unspecified atom stereocenters. The number of unbranched alkanes of at least 4 members (excludes halogenated alkanes) is 3. The van der Waals surface area contributed by atoms with E-state index in [0.717, 1.165) is 12.8 Å². The van der Waals surface area contributed by atoms with E-state index < -0.39 is 11.7 Å². The van der Waals surface area contributed by atoms with Crippen LogP contribution in [0.2, 0.25) is 0 Å². The first-order valence-corrected chi connectivity index (χ1v) is 9.09. The van der Waals surface area contributed by atoms with E-state index in [1.165, 1.54) is 25.6 Å². The van der Waals surface area contributed by atoms with E-state index in [0.29, 0.717) is 12.3 Å². The van der Waals surface area contributed by atoms with Gasteiger partial charge in [0.05, 0.1) is 25.6 Å². The van der Waals surface area contributed by atoms with Gasteiger partial charge < -0.3 is 20.3 Å². The van der Waals surface area contributed by atoms with Crippen molar-refractivity contribution in [2.75, 3.05) is 18.9 Å². The second-order valence-corrected chi connectivity index (χ2v) is 6.43. The molecular weight excluding hydrogens is 338 g/mol. The highest BCUT2D eigenvalue weighted by Gasteiger charge is 2.14. The first-order valence-electron chi connectivity index (χ1n) is 9.09. The number of nitrogens with two attached hydrogens (primary N) is 1. The average Bonchev–Trinajstić information content (AvgIpc) is 3.02. The number of rotatable bonds is 12. The molecular formula is C17H29N5O4. The van der Waals surface area contributed by atoms with Crippen molar-refractivity contribution in [1.82, 2.24) is 19.5 Å². The number of nitrogens with zero attached hydrogens (tertiary/aromatic N) is 3. The van der Waals surface area contributed by atoms with Gasteiger partial charge in [-0.1, -0.05) is 32.6 Å². The molecule has 0 aliphatic heterocycles. The number of nitrogens with one attached hydrogen (secondary N) is 1. The lowest BCUT2D eigenvalue weighted by atomic mass is 10.1. The predicted molar refractivity (Wildman–Crippen MR) is 98.7 cm³/mol. The van der Waals surface area contributed by atoms with E-state index in [1.807, 2.05) is 6.92 Å². The summed E-state index contributed by atoms with van der Waals surface area (Å²) in [5.74, 6) is 0.0168. The molecule has 2 aromatic heterocycles. The molecule has 0 saturated heterocycles. The van der Waals surface area contributed by atoms with Crippen molar-refractivity contribution >= 4 is 17.1 Å². The van der Waals surface area contributed by atoms with Crippen LogP contribution in [0, 0.1) is 0 Å². The fourth-order valence-electron chi connectivity index (χ4n) is 2.62. The zero-order chi connectivity index (χ0) is 18.9. The number of imidazole rings is 1. The molecule has 146 valence electrons. The van der Waals surface area contributed by atoms with E-state index >= 15 is 0 Å². The Kier molecular flexibility index (Phi) is 8.02. The van der Waals surface area contributed by atoms with Crippen LogP contribution in [0.15, 0.2) is 11.1 Å². The van der Waals surface area contributed by atoms with Gasteiger partial charge in [0.15, 0.2) is 11.2 Å². The van der Waals surface area contributed by atoms with Crippen LogP contribution in [-0.4, -0.2) is 50.0 Å². The van der Waals surface area contributed by atoms with Crippen molar-refractivity contribution in [1.29, 1.82) is 0 Å². The number of aromatic amines is 1. The fourth-order valence-corrected chi connectivity index (χ4v) is 2.62. The molecule has 0 aromatic carbocycles. The van der Waals surface area contributed by atoms with Crippen LogP contribution in [0.3, 0.4) is 0 Å². The molecule has 0 aliphatic carbocycles. The van der Waals surface area contributed by atoms with Gasteiger partial charge in [0, 0.05) is 0 Å². The number of aliphatic hydroxyl groups excluding tert-OH is 1. The number of fused-ring (bicyclic) bond motifs is 1. The third kappa shape index (κ3) is 5.79. The average molecular weight is 367 g/mol. The number of ether oxygens (including phenoxy) is 2. The van der Waals surface area contributed by atoms with Gasteiger partial charge in [-0.25, -0.2) is 4.98 Å². The van der Waals surface area contributed by atoms with Crippen molar-refractivity contribution in [2.45, 2.75) is 64.9 Å². The normalized spacial score (nSPS) is 14.0. The van der Waals surface area contributed by atoms with Gasteiger partial charge in [-0.3, -0.25) is 14.3 Å². The Hall–Kier alpha value is -1.97. The number of H-pyrrole nitrogens is 1. The minimum absolute atomic E-state index is 0.0168. The molecule has 0 amide bonds. The fraction of sp³-hybridized carbons (Fsp3) is 0.706. The Morgan fingerprint density at radius 2 is 2.15 bits per heavy atom. The lowest BCUT2D eigenvalue weighted by Gasteiger charge is -2.19. The van der Waals surface area contributed by atoms with Crippen molar-refractivity contribution in [2.24, 2.45) is 0 Å². The zero-order valence-corrected chi connectivity index (χ0v) is 15.5. The van der Waals surface area contributed by atoms with E-state index in [4.69, 9.17) is 15.2 Å². The van der Waals surface area contributed by atoms with Crippen LogP contribution >= 0.6 is 0 Å². The van der Waals surface area contributed by atoms with Gasteiger partial charge >= 0.3 is 0 Å². The molecule has 2 rings (SSSR count). The highest BCUT2D eigenvalue weighted by molar-refractivity contribution is 5.70. The first kappa shape index (κ1) is 20.3. The second kappa shape index (κ2) is 10.2. The highest BCUT2D eigenvalue weighted by atomic mass is 16.5. The number of aromatic nitrogens is 4. The monoisotopic (exact) mass is 367 g/mol. The van der Waals surface area contributed by atoms with Gasteiger partial charge in [0.2, 0.25) is 5.95 Å². The summed E-state index contributed by atoms with van der Waals surface area (Å²) in [5, 5.41) is 9.49. The maximum atomic E-state index is 11.8. The first-order chi connectivity index (χ1) is 12.5. The minimum Gasteiger partial charge on any atom is -0.394 e. The van der Waals surface area contributed by atoms with Crippen molar-refractivity contribution < 1.29 is 14.6 Å². The van der Waals surface area contributed by atoms with Crippen molar-refractivity contribution in [3.05, 3.63) is 16.7 Å². The zero-order valence-electron chi connectivity index (χ0n) is 15.5. The quantitative estimate of drug-likeness (QED) is 0.484. The number of hydrogen-bond donors (Lipinski definition) is 3. The third-order valence-electron chi connectivity index (χ3n) is 4.18. The number of aliphatic hydroxyl groups is 1. The summed E-state index contributed by atoms with van der Waals surface area (Å²) in [6, 6.07) is 0. The standard InChI is InChI=1S/C17H29N5O4/c1-3-4-5-6-7-12(2)25-9-13(8-23)26-11-22-10-19-14-15(22)20-17(18)21-16(14)24/h10,12-13,23H,3-9,11H2,1-2H3,(H3,18,20,21,24). The molecule has 0 spiro atoms. The van der Waals surface area contributed by atoms with Gasteiger partial charge in [0.25, 0.3) is 5.56 Å². The highest BCUT2D eigenvalue weighted by Crippen LogP contribution is 2.10. The maximum absolute atomic E-state index is 11.8. The van der Waals surface area contributed by atoms with E-state index in [-0.39, 0.29) is 30.9 Å². The number of anilines is 1. The van der Waals surface area contributed by atoms with E-state index in [2.05, 4.69) is 21.9 Å². The summed E-state index contributed by atoms with van der Waals surface area (Å²) in [6.45, 7) is 4.45. The lowest BCUT2D eigenvalue weighted by Crippen LogP contribution is -2.27. The SMILES string of the molecule is CCCCCCC(C)OCC(CO)OCn1cnc2c(=O)[nH]c(N)nc21. The molecule has 0 bridgehead atoms. The Labute approximate surface area is 152 Å². The minimum atomic E-state index is -0.468. The predicted octanol–water partition coefficient (Wildman–Crippen LogP) is 1.41. The molecule has 2 heterocycles. The molecule has 0 saturated carbocycles. The van der Waals surface area contributed by atoms with Crippen LogP contribution in [0.5, 0.6) is 0 Å². The van der Waals surface area contributed by atoms with Crippen LogP contribution in [0.25, 0.3) is 11.2 Å². The van der Waals surface area contributed by atoms with Crippen LogP contribution < -0.4 is 11.3 Å². The molecule has 0 radical (unpaired) electrons. The second-order valence-electron chi connectivity index (χ2n) is 6.43. The van der Waals surface area contributed by atoms with Gasteiger partial charge in [-0.2, -0.15) is 4.98 Å². The molecule has 0 aliphatic rings. The van der Waals surface area contributed by atoms with Gasteiger partial charge in [-0.05, 0) is 13.3 Å². The molecule has 2 aromatic rings. The summed E-state index contributed by atoms with van der Waals surface area (Å²) < 4.78 is 13.0. The Morgan fingerprint density at radius 3 is 2.88 bits per heavy atom. The van der Waals surface area contributed by atoms with E-state index in [9.17, 15) is 9.90 Å². The van der Waals surface area contributed by atoms with Crippen LogP contribution in [0.1, 0.15) is 46.0 Å². The summed E-state index contributed by atoms with van der Waals surface area (Å²) in [6.07, 6.45) is 6.92. The maximum Gasteiger partial charge on any atom is 0.280 e. The molecule has 0 fully saturated rings. The Bertz CT molecular complexity index is 730. The molecule has 2 atom stereocenters. The molecule has 4 N–H and O–H groups in total. The molecule has 26 heavy (non-hydrogen) atoms. The molecule has 9 heteroatoms. The van der Waals surface area contributed by atoms with Crippen molar-refractivity contribution in [3.63, 3.8) is 0 Å². The number of nitrogen functional groups attached to an aromatic ring is 1. The topological polar surface area (TPSA) is 128 Å². The van der Waals surface area contributed by atoms with Crippen molar-refractivity contribution in [3.8, 4) is 0 Å². The largest absolute Gasteiger partial charge is 0.394 e. The van der Waals surface area contributed by atoms with Gasteiger partial charge in [0.1, 0.15) is 12.8 Å². The summed E-state index contributed by atoms with van der Waals surface area (Å²) in [5.41, 5.74) is 5.70. The Morgan fingerprint density at radius 1 is 1.35 bits per heavy atom. The molecule has 9 nitrogen and oxygen atoms in total. The summed E-state index contributed by atoms with van der Waals surface area (Å²) in [7, 11) is 0. The third-order valence-corrected chi connectivity index (χ3v) is 4.18. The number of hydrogen-bond acceptors (Lipinski definition) is 7. The van der Waals surface area contributed by atoms with E-state index in [1.54, 1.807) is 4.57 Å². The lowest BCUT2D eigenvalue weighted by molar-refractivity contribution is -0.0817.